The molecule has 0 atom stereocenters. The average molecular weight is 297 g/mol. The Bertz CT molecular complexity index is 774. The number of hydrogen-bond acceptors (Lipinski definition) is 5. The lowest BCUT2D eigenvalue weighted by atomic mass is 10.1. The van der Waals surface area contributed by atoms with E-state index in [4.69, 9.17) is 4.52 Å². The van der Waals surface area contributed by atoms with E-state index in [9.17, 15) is 0 Å². The Balaban J connectivity index is 1.80. The third-order valence-corrected chi connectivity index (χ3v) is 3.51. The van der Waals surface area contributed by atoms with Gasteiger partial charge in [0.05, 0.1) is 6.20 Å². The predicted molar refractivity (Wildman–Crippen MR) is 84.4 cm³/mol. The molecule has 0 radical (unpaired) electrons. The molecule has 2 aromatic heterocycles. The predicted octanol–water partition coefficient (Wildman–Crippen LogP) is 2.95. The highest BCUT2D eigenvalue weighted by Gasteiger charge is 2.09. The molecule has 3 aromatic rings. The monoisotopic (exact) mass is 297 g/mol. The minimum atomic E-state index is 0.557. The Morgan fingerprint density at radius 1 is 1.32 bits per heavy atom. The molecule has 1 aromatic carbocycles. The smallest absolute Gasteiger partial charge is 0.257 e. The highest BCUT2D eigenvalue weighted by molar-refractivity contribution is 5.64. The highest BCUT2D eigenvalue weighted by Crippen LogP contribution is 2.24. The molecule has 22 heavy (non-hydrogen) atoms. The minimum Gasteiger partial charge on any atom is -0.381 e. The first-order valence-electron chi connectivity index (χ1n) is 7.30. The third-order valence-electron chi connectivity index (χ3n) is 3.51. The quantitative estimate of drug-likeness (QED) is 0.784. The van der Waals surface area contributed by atoms with Crippen molar-refractivity contribution < 1.29 is 4.52 Å². The molecule has 3 rings (SSSR count). The van der Waals surface area contributed by atoms with Gasteiger partial charge < -0.3 is 9.84 Å². The Morgan fingerprint density at radius 3 is 2.86 bits per heavy atom. The molecule has 0 aliphatic rings. The highest BCUT2D eigenvalue weighted by atomic mass is 16.5. The van der Waals surface area contributed by atoms with Gasteiger partial charge in [-0.1, -0.05) is 18.1 Å². The van der Waals surface area contributed by atoms with Crippen LogP contribution >= 0.6 is 0 Å². The van der Waals surface area contributed by atoms with Gasteiger partial charge >= 0.3 is 0 Å². The van der Waals surface area contributed by atoms with Crippen molar-refractivity contribution in [3.63, 3.8) is 0 Å². The van der Waals surface area contributed by atoms with Crippen LogP contribution in [-0.4, -0.2) is 19.9 Å². The first kappa shape index (κ1) is 14.3. The van der Waals surface area contributed by atoms with Crippen molar-refractivity contribution in [1.29, 1.82) is 0 Å². The van der Waals surface area contributed by atoms with Crippen molar-refractivity contribution in [2.75, 3.05) is 5.32 Å². The van der Waals surface area contributed by atoms with Crippen LogP contribution in [0.1, 0.15) is 23.9 Å². The van der Waals surface area contributed by atoms with E-state index in [1.165, 1.54) is 5.56 Å². The molecule has 6 heteroatoms. The van der Waals surface area contributed by atoms with Gasteiger partial charge in [0.1, 0.15) is 0 Å². The summed E-state index contributed by atoms with van der Waals surface area (Å²) in [6, 6.07) is 6.09. The molecule has 0 spiro atoms. The van der Waals surface area contributed by atoms with Crippen LogP contribution < -0.4 is 5.32 Å². The van der Waals surface area contributed by atoms with Crippen molar-refractivity contribution in [3.05, 3.63) is 47.5 Å². The Morgan fingerprint density at radius 2 is 2.18 bits per heavy atom. The number of rotatable bonds is 5. The molecule has 0 saturated heterocycles. The fourth-order valence-electron chi connectivity index (χ4n) is 2.22. The van der Waals surface area contributed by atoms with Crippen LogP contribution in [-0.2, 0) is 20.0 Å². The first-order chi connectivity index (χ1) is 10.7. The summed E-state index contributed by atoms with van der Waals surface area (Å²) in [4.78, 5) is 4.37. The topological polar surface area (TPSA) is 68.8 Å². The number of hydrogen-bond donors (Lipinski definition) is 1. The van der Waals surface area contributed by atoms with Crippen LogP contribution in [0.4, 0.5) is 5.69 Å². The molecule has 6 nitrogen and oxygen atoms in total. The van der Waals surface area contributed by atoms with Gasteiger partial charge in [-0.05, 0) is 24.6 Å². The average Bonchev–Trinajstić information content (AvgIpc) is 3.15. The summed E-state index contributed by atoms with van der Waals surface area (Å²) in [6.45, 7) is 4.80. The summed E-state index contributed by atoms with van der Waals surface area (Å²) in [7, 11) is 1.91. The second-order valence-electron chi connectivity index (χ2n) is 5.27. The van der Waals surface area contributed by atoms with Gasteiger partial charge in [-0.3, -0.25) is 4.68 Å². The summed E-state index contributed by atoms with van der Waals surface area (Å²) in [6.07, 6.45) is 4.62. The molecule has 0 amide bonds. The second kappa shape index (κ2) is 6.01. The lowest BCUT2D eigenvalue weighted by Gasteiger charge is -2.09. The standard InChI is InChI=1S/C16H19N5O/c1-4-15-19-16(22-20-15)13-6-5-11(2)14(7-13)17-8-12-9-18-21(3)10-12/h5-7,9-10,17H,4,8H2,1-3H3. The Kier molecular flexibility index (Phi) is 3.91. The molecular weight excluding hydrogens is 278 g/mol. The molecule has 0 saturated carbocycles. The molecule has 2 heterocycles. The van der Waals surface area contributed by atoms with Crippen LogP contribution in [0, 0.1) is 6.92 Å². The summed E-state index contributed by atoms with van der Waals surface area (Å²) in [5.41, 5.74) is 4.28. The van der Waals surface area contributed by atoms with E-state index in [2.05, 4.69) is 33.5 Å². The summed E-state index contributed by atoms with van der Waals surface area (Å²) in [5, 5.41) is 11.5. The molecule has 114 valence electrons. The van der Waals surface area contributed by atoms with E-state index in [0.29, 0.717) is 5.89 Å². The lowest BCUT2D eigenvalue weighted by molar-refractivity contribution is 0.423. The van der Waals surface area contributed by atoms with Gasteiger partial charge in [-0.15, -0.1) is 0 Å². The van der Waals surface area contributed by atoms with E-state index in [-0.39, 0.29) is 0 Å². The molecule has 0 aliphatic carbocycles. The van der Waals surface area contributed by atoms with Crippen molar-refractivity contribution in [1.82, 2.24) is 19.9 Å². The fourth-order valence-corrected chi connectivity index (χ4v) is 2.22. The van der Waals surface area contributed by atoms with Gasteiger partial charge in [0.25, 0.3) is 5.89 Å². The van der Waals surface area contributed by atoms with E-state index in [1.54, 1.807) is 4.68 Å². The van der Waals surface area contributed by atoms with E-state index < -0.39 is 0 Å². The summed E-state index contributed by atoms with van der Waals surface area (Å²) in [5.74, 6) is 1.28. The maximum absolute atomic E-state index is 5.30. The van der Waals surface area contributed by atoms with Crippen molar-refractivity contribution in [3.8, 4) is 11.5 Å². The van der Waals surface area contributed by atoms with E-state index in [1.807, 2.05) is 38.5 Å². The molecule has 0 fully saturated rings. The van der Waals surface area contributed by atoms with E-state index in [0.717, 1.165) is 35.6 Å². The van der Waals surface area contributed by atoms with Crippen molar-refractivity contribution in [2.45, 2.75) is 26.8 Å². The summed E-state index contributed by atoms with van der Waals surface area (Å²) >= 11 is 0. The van der Waals surface area contributed by atoms with Crippen LogP contribution in [0.2, 0.25) is 0 Å². The third kappa shape index (κ3) is 3.00. The zero-order chi connectivity index (χ0) is 15.5. The fraction of sp³-hybridized carbons (Fsp3) is 0.312. The van der Waals surface area contributed by atoms with Crippen LogP contribution in [0.25, 0.3) is 11.5 Å². The van der Waals surface area contributed by atoms with Crippen LogP contribution in [0.15, 0.2) is 35.1 Å². The Labute approximate surface area is 129 Å². The molecule has 0 bridgehead atoms. The van der Waals surface area contributed by atoms with Gasteiger partial charge in [-0.2, -0.15) is 10.1 Å². The van der Waals surface area contributed by atoms with Crippen LogP contribution in [0.3, 0.4) is 0 Å². The van der Waals surface area contributed by atoms with Crippen LogP contribution in [0.5, 0.6) is 0 Å². The zero-order valence-electron chi connectivity index (χ0n) is 13.0. The first-order valence-corrected chi connectivity index (χ1v) is 7.30. The lowest BCUT2D eigenvalue weighted by Crippen LogP contribution is -2.00. The number of benzene rings is 1. The Hall–Kier alpha value is -2.63. The number of nitrogens with zero attached hydrogens (tertiary/aromatic N) is 4. The maximum atomic E-state index is 5.30. The van der Waals surface area contributed by atoms with Gasteiger partial charge in [-0.25, -0.2) is 0 Å². The molecule has 0 aliphatic heterocycles. The number of nitrogens with one attached hydrogen (secondary N) is 1. The SMILES string of the molecule is CCc1noc(-c2ccc(C)c(NCc3cnn(C)c3)c2)n1. The number of aromatic nitrogens is 4. The number of anilines is 1. The zero-order valence-corrected chi connectivity index (χ0v) is 13.0. The van der Waals surface area contributed by atoms with Crippen molar-refractivity contribution in [2.24, 2.45) is 7.05 Å². The maximum Gasteiger partial charge on any atom is 0.257 e. The molecular formula is C16H19N5O. The molecule has 0 unspecified atom stereocenters. The summed E-state index contributed by atoms with van der Waals surface area (Å²) < 4.78 is 7.10. The molecule has 1 N–H and O–H groups in total. The second-order valence-corrected chi connectivity index (χ2v) is 5.27. The van der Waals surface area contributed by atoms with Gasteiger partial charge in [0.2, 0.25) is 0 Å². The largest absolute Gasteiger partial charge is 0.381 e. The minimum absolute atomic E-state index is 0.557. The van der Waals surface area contributed by atoms with Gasteiger partial charge in [0, 0.05) is 43.0 Å². The van der Waals surface area contributed by atoms with Gasteiger partial charge in [0.15, 0.2) is 5.82 Å². The normalized spacial score (nSPS) is 10.9. The van der Waals surface area contributed by atoms with E-state index >= 15 is 0 Å². The van der Waals surface area contributed by atoms with Crippen molar-refractivity contribution >= 4 is 5.69 Å². The number of aryl methyl sites for hydroxylation is 3.